The van der Waals surface area contributed by atoms with Crippen LogP contribution >= 0.6 is 0 Å². The van der Waals surface area contributed by atoms with E-state index >= 15 is 0 Å². The van der Waals surface area contributed by atoms with E-state index in [9.17, 15) is 4.79 Å². The molecule has 0 radical (unpaired) electrons. The van der Waals surface area contributed by atoms with Crippen LogP contribution in [-0.2, 0) is 4.79 Å². The van der Waals surface area contributed by atoms with E-state index in [1.807, 2.05) is 38.2 Å². The molecule has 0 aliphatic heterocycles. The quantitative estimate of drug-likeness (QED) is 0.743. The van der Waals surface area contributed by atoms with Gasteiger partial charge in [0.1, 0.15) is 0 Å². The Balaban J connectivity index is 2.79. The Morgan fingerprint density at radius 1 is 1.50 bits per heavy atom. The number of carbonyl (C=O) groups is 1. The second-order valence-corrected chi connectivity index (χ2v) is 3.10. The summed E-state index contributed by atoms with van der Waals surface area (Å²) in [5.74, 6) is -0.940. The van der Waals surface area contributed by atoms with E-state index in [1.165, 1.54) is 6.20 Å². The highest BCUT2D eigenvalue weighted by atomic mass is 16.4. The van der Waals surface area contributed by atoms with Gasteiger partial charge in [0.2, 0.25) is 0 Å². The SMILES string of the molecule is Cc1cccc(N(C)C=CC(=O)O)c1. The number of carboxylic acid groups (broad SMARTS) is 1. The summed E-state index contributed by atoms with van der Waals surface area (Å²) in [7, 11) is 1.81. The molecule has 0 aliphatic carbocycles. The fourth-order valence-electron chi connectivity index (χ4n) is 1.11. The van der Waals surface area contributed by atoms with Crippen LogP contribution < -0.4 is 4.90 Å². The summed E-state index contributed by atoms with van der Waals surface area (Å²) in [4.78, 5) is 12.1. The van der Waals surface area contributed by atoms with E-state index in [4.69, 9.17) is 5.11 Å². The zero-order valence-electron chi connectivity index (χ0n) is 8.27. The lowest BCUT2D eigenvalue weighted by Gasteiger charge is -2.13. The van der Waals surface area contributed by atoms with Crippen molar-refractivity contribution in [3.63, 3.8) is 0 Å². The molecule has 0 saturated heterocycles. The lowest BCUT2D eigenvalue weighted by atomic mass is 10.2. The number of aliphatic carboxylic acids is 1. The van der Waals surface area contributed by atoms with Gasteiger partial charge in [-0.05, 0) is 24.6 Å². The highest BCUT2D eigenvalue weighted by Gasteiger charge is 1.96. The van der Waals surface area contributed by atoms with Crippen LogP contribution in [0.15, 0.2) is 36.5 Å². The Kier molecular flexibility index (Phi) is 3.29. The summed E-state index contributed by atoms with van der Waals surface area (Å²) in [5.41, 5.74) is 2.13. The van der Waals surface area contributed by atoms with Gasteiger partial charge in [-0.1, -0.05) is 12.1 Å². The van der Waals surface area contributed by atoms with E-state index < -0.39 is 5.97 Å². The summed E-state index contributed by atoms with van der Waals surface area (Å²) >= 11 is 0. The van der Waals surface area contributed by atoms with Gasteiger partial charge in [-0.3, -0.25) is 0 Å². The van der Waals surface area contributed by atoms with Crippen molar-refractivity contribution in [2.75, 3.05) is 11.9 Å². The maximum absolute atomic E-state index is 10.3. The van der Waals surface area contributed by atoms with Crippen molar-refractivity contribution < 1.29 is 9.90 Å². The van der Waals surface area contributed by atoms with Gasteiger partial charge in [-0.2, -0.15) is 0 Å². The molecule has 1 N–H and O–H groups in total. The van der Waals surface area contributed by atoms with Gasteiger partial charge in [0, 0.05) is 25.0 Å². The number of rotatable bonds is 3. The number of carboxylic acids is 1. The van der Waals surface area contributed by atoms with Gasteiger partial charge >= 0.3 is 5.97 Å². The van der Waals surface area contributed by atoms with Gasteiger partial charge in [0.05, 0.1) is 0 Å². The number of hydrogen-bond donors (Lipinski definition) is 1. The topological polar surface area (TPSA) is 40.5 Å². The second kappa shape index (κ2) is 4.46. The summed E-state index contributed by atoms with van der Waals surface area (Å²) in [5, 5.41) is 8.45. The number of hydrogen-bond acceptors (Lipinski definition) is 2. The molecule has 0 fully saturated rings. The molecule has 0 saturated carbocycles. The molecule has 0 atom stereocenters. The van der Waals surface area contributed by atoms with Gasteiger partial charge < -0.3 is 10.0 Å². The van der Waals surface area contributed by atoms with Crippen molar-refractivity contribution >= 4 is 11.7 Å². The van der Waals surface area contributed by atoms with Crippen molar-refractivity contribution in [2.24, 2.45) is 0 Å². The minimum absolute atomic E-state index is 0.940. The molecule has 1 aromatic carbocycles. The first-order chi connectivity index (χ1) is 6.59. The first-order valence-electron chi connectivity index (χ1n) is 4.30. The molecule has 3 nitrogen and oxygen atoms in total. The highest BCUT2D eigenvalue weighted by Crippen LogP contribution is 2.14. The molecule has 1 rings (SSSR count). The van der Waals surface area contributed by atoms with Crippen molar-refractivity contribution in [3.05, 3.63) is 42.1 Å². The Morgan fingerprint density at radius 3 is 2.79 bits per heavy atom. The maximum atomic E-state index is 10.3. The normalized spacial score (nSPS) is 10.4. The van der Waals surface area contributed by atoms with E-state index in [0.717, 1.165) is 17.3 Å². The third kappa shape index (κ3) is 2.94. The first-order valence-corrected chi connectivity index (χ1v) is 4.30. The van der Waals surface area contributed by atoms with Gasteiger partial charge in [0.25, 0.3) is 0 Å². The Labute approximate surface area is 83.3 Å². The Hall–Kier alpha value is -1.77. The van der Waals surface area contributed by atoms with E-state index in [1.54, 1.807) is 4.90 Å². The number of nitrogens with zero attached hydrogens (tertiary/aromatic N) is 1. The smallest absolute Gasteiger partial charge is 0.329 e. The highest BCUT2D eigenvalue weighted by molar-refractivity contribution is 5.80. The van der Waals surface area contributed by atoms with Crippen molar-refractivity contribution in [2.45, 2.75) is 6.92 Å². The lowest BCUT2D eigenvalue weighted by molar-refractivity contribution is -0.131. The predicted octanol–water partition coefficient (Wildman–Crippen LogP) is 2.03. The van der Waals surface area contributed by atoms with Crippen molar-refractivity contribution in [1.29, 1.82) is 0 Å². The minimum atomic E-state index is -0.940. The molecule has 74 valence electrons. The monoisotopic (exact) mass is 191 g/mol. The third-order valence-corrected chi connectivity index (χ3v) is 1.85. The summed E-state index contributed by atoms with van der Waals surface area (Å²) < 4.78 is 0. The van der Waals surface area contributed by atoms with Crippen LogP contribution in [-0.4, -0.2) is 18.1 Å². The second-order valence-electron chi connectivity index (χ2n) is 3.10. The molecule has 14 heavy (non-hydrogen) atoms. The van der Waals surface area contributed by atoms with Gasteiger partial charge in [-0.15, -0.1) is 0 Å². The fraction of sp³-hybridized carbons (Fsp3) is 0.182. The van der Waals surface area contributed by atoms with Crippen molar-refractivity contribution in [3.8, 4) is 0 Å². The fourth-order valence-corrected chi connectivity index (χ4v) is 1.11. The summed E-state index contributed by atoms with van der Waals surface area (Å²) in [6.45, 7) is 2.00. The predicted molar refractivity (Wildman–Crippen MR) is 56.4 cm³/mol. The molecule has 0 spiro atoms. The molecule has 0 heterocycles. The average Bonchev–Trinajstić information content (AvgIpc) is 2.14. The molecule has 3 heteroatoms. The molecule has 0 bridgehead atoms. The van der Waals surface area contributed by atoms with Gasteiger partial charge in [-0.25, -0.2) is 4.79 Å². The summed E-state index contributed by atoms with van der Waals surface area (Å²) in [6, 6.07) is 7.86. The third-order valence-electron chi connectivity index (χ3n) is 1.85. The minimum Gasteiger partial charge on any atom is -0.478 e. The summed E-state index contributed by atoms with van der Waals surface area (Å²) in [6.07, 6.45) is 2.64. The average molecular weight is 191 g/mol. The Morgan fingerprint density at radius 2 is 2.21 bits per heavy atom. The van der Waals surface area contributed by atoms with Crippen LogP contribution in [0.4, 0.5) is 5.69 Å². The molecule has 1 aromatic rings. The van der Waals surface area contributed by atoms with Crippen LogP contribution in [0.25, 0.3) is 0 Å². The van der Waals surface area contributed by atoms with Crippen molar-refractivity contribution in [1.82, 2.24) is 0 Å². The number of aryl methyl sites for hydroxylation is 1. The van der Waals surface area contributed by atoms with Crippen LogP contribution in [0, 0.1) is 6.92 Å². The number of benzene rings is 1. The molecule has 0 unspecified atom stereocenters. The van der Waals surface area contributed by atoms with E-state index in [2.05, 4.69) is 0 Å². The lowest BCUT2D eigenvalue weighted by Crippen LogP contribution is -2.08. The van der Waals surface area contributed by atoms with Crippen LogP contribution in [0.5, 0.6) is 0 Å². The van der Waals surface area contributed by atoms with E-state index in [0.29, 0.717) is 0 Å². The Bertz CT molecular complexity index is 358. The van der Waals surface area contributed by atoms with Crippen LogP contribution in [0.1, 0.15) is 5.56 Å². The van der Waals surface area contributed by atoms with Crippen LogP contribution in [0.3, 0.4) is 0 Å². The molecule has 0 aliphatic rings. The van der Waals surface area contributed by atoms with Gasteiger partial charge in [0.15, 0.2) is 0 Å². The molecular weight excluding hydrogens is 178 g/mol. The zero-order valence-corrected chi connectivity index (χ0v) is 8.27. The largest absolute Gasteiger partial charge is 0.478 e. The zero-order chi connectivity index (χ0) is 10.6. The molecule has 0 aromatic heterocycles. The standard InChI is InChI=1S/C11H13NO2/c1-9-4-3-5-10(8-9)12(2)7-6-11(13)14/h3-8H,1-2H3,(H,13,14). The van der Waals surface area contributed by atoms with E-state index in [-0.39, 0.29) is 0 Å². The number of anilines is 1. The first kappa shape index (κ1) is 10.3. The van der Waals surface area contributed by atoms with Crippen LogP contribution in [0.2, 0.25) is 0 Å². The molecular formula is C11H13NO2. The maximum Gasteiger partial charge on any atom is 0.329 e. The molecule has 0 amide bonds.